The van der Waals surface area contributed by atoms with Crippen LogP contribution in [0.4, 0.5) is 4.39 Å². The van der Waals surface area contributed by atoms with Gasteiger partial charge in [-0.3, -0.25) is 0 Å². The number of nitrogens with zero attached hydrogens (tertiary/aromatic N) is 4. The van der Waals surface area contributed by atoms with Crippen LogP contribution in [0.15, 0.2) is 48.7 Å². The van der Waals surface area contributed by atoms with Crippen LogP contribution in [0.1, 0.15) is 18.3 Å². The molecule has 0 aliphatic heterocycles. The number of fused-ring (bicyclic) bond motifs is 1. The number of ether oxygens (including phenoxy) is 2. The molecule has 0 atom stereocenters. The molecule has 0 aliphatic carbocycles. The van der Waals surface area contributed by atoms with Gasteiger partial charge in [-0.15, -0.1) is 0 Å². The highest BCUT2D eigenvalue weighted by atomic mass is 35.5. The van der Waals surface area contributed by atoms with Gasteiger partial charge in [-0.25, -0.2) is 9.97 Å². The Morgan fingerprint density at radius 2 is 2.06 bits per heavy atom. The molecule has 4 rings (SSSR count). The van der Waals surface area contributed by atoms with Crippen molar-refractivity contribution in [1.29, 1.82) is 5.26 Å². The van der Waals surface area contributed by atoms with Gasteiger partial charge in [0.05, 0.1) is 29.4 Å². The van der Waals surface area contributed by atoms with Gasteiger partial charge in [0.25, 0.3) is 5.88 Å². The summed E-state index contributed by atoms with van der Waals surface area (Å²) in [5.74, 6) is -0.0152. The minimum absolute atomic E-state index is 0.140. The number of hydrogen-bond donors (Lipinski definition) is 1. The lowest BCUT2D eigenvalue weighted by atomic mass is 10.1. The summed E-state index contributed by atoms with van der Waals surface area (Å²) in [6.07, 6.45) is 2.60. The topological polar surface area (TPSA) is 96.7 Å². The lowest BCUT2D eigenvalue weighted by Gasteiger charge is -2.12. The Kier molecular flexibility index (Phi) is 5.78. The van der Waals surface area contributed by atoms with Crippen LogP contribution in [-0.4, -0.2) is 26.5 Å². The number of nitrogens with one attached hydrogen (secondary N) is 1. The average molecular weight is 436 g/mol. The SMILES string of the molecule is CCOc1cc(/C=C(\C#N)c2nc3ccccc3[nH]2)ccc1Oc1nc(Cl)ncc1F. The van der Waals surface area contributed by atoms with Gasteiger partial charge in [0.2, 0.25) is 11.1 Å². The van der Waals surface area contributed by atoms with E-state index in [9.17, 15) is 9.65 Å². The van der Waals surface area contributed by atoms with E-state index < -0.39 is 5.82 Å². The molecule has 0 aliphatic rings. The first kappa shape index (κ1) is 20.3. The van der Waals surface area contributed by atoms with Gasteiger partial charge < -0.3 is 14.5 Å². The zero-order valence-electron chi connectivity index (χ0n) is 16.3. The van der Waals surface area contributed by atoms with Crippen LogP contribution in [0.5, 0.6) is 17.4 Å². The molecule has 4 aromatic rings. The monoisotopic (exact) mass is 435 g/mol. The highest BCUT2D eigenvalue weighted by Crippen LogP contribution is 2.34. The second-order valence-electron chi connectivity index (χ2n) is 6.31. The smallest absolute Gasteiger partial charge is 0.260 e. The second-order valence-corrected chi connectivity index (χ2v) is 6.64. The minimum Gasteiger partial charge on any atom is -0.490 e. The number of hydrogen-bond acceptors (Lipinski definition) is 6. The molecule has 0 saturated carbocycles. The quantitative estimate of drug-likeness (QED) is 0.321. The molecule has 0 spiro atoms. The van der Waals surface area contributed by atoms with Crippen LogP contribution in [0.2, 0.25) is 5.28 Å². The van der Waals surface area contributed by atoms with E-state index in [2.05, 4.69) is 26.0 Å². The van der Waals surface area contributed by atoms with Gasteiger partial charge in [-0.05, 0) is 54.4 Å². The van der Waals surface area contributed by atoms with Crippen molar-refractivity contribution >= 4 is 34.3 Å². The van der Waals surface area contributed by atoms with Gasteiger partial charge in [0, 0.05) is 0 Å². The number of H-pyrrole nitrogens is 1. The van der Waals surface area contributed by atoms with E-state index >= 15 is 0 Å². The Hall–Kier alpha value is -3.96. The lowest BCUT2D eigenvalue weighted by molar-refractivity contribution is 0.316. The molecule has 0 amide bonds. The number of halogens is 2. The summed E-state index contributed by atoms with van der Waals surface area (Å²) in [4.78, 5) is 14.9. The largest absolute Gasteiger partial charge is 0.490 e. The van der Waals surface area contributed by atoms with E-state index in [4.69, 9.17) is 21.1 Å². The Morgan fingerprint density at radius 1 is 1.23 bits per heavy atom. The van der Waals surface area contributed by atoms with E-state index in [1.165, 1.54) is 0 Å². The molecule has 0 fully saturated rings. The van der Waals surface area contributed by atoms with Gasteiger partial charge >= 0.3 is 0 Å². The number of allylic oxidation sites excluding steroid dienone is 1. The maximum atomic E-state index is 13.9. The normalized spacial score (nSPS) is 11.4. The van der Waals surface area contributed by atoms with Crippen LogP contribution in [0.3, 0.4) is 0 Å². The van der Waals surface area contributed by atoms with Crippen molar-refractivity contribution in [3.63, 3.8) is 0 Å². The molecule has 0 radical (unpaired) electrons. The Labute approximate surface area is 181 Å². The van der Waals surface area contributed by atoms with Crippen LogP contribution >= 0.6 is 11.6 Å². The number of nitriles is 1. The third-order valence-corrected chi connectivity index (χ3v) is 4.41. The average Bonchev–Trinajstić information content (AvgIpc) is 3.20. The number of rotatable bonds is 6. The predicted molar refractivity (Wildman–Crippen MR) is 114 cm³/mol. The van der Waals surface area contributed by atoms with Crippen molar-refractivity contribution in [2.45, 2.75) is 6.92 Å². The molecule has 2 aromatic heterocycles. The van der Waals surface area contributed by atoms with Gasteiger partial charge in [-0.2, -0.15) is 14.6 Å². The second kappa shape index (κ2) is 8.81. The fraction of sp³-hybridized carbons (Fsp3) is 0.0909. The maximum Gasteiger partial charge on any atom is 0.260 e. The van der Waals surface area contributed by atoms with Gasteiger partial charge in [0.1, 0.15) is 11.9 Å². The standard InChI is InChI=1S/C22H15ClFN5O2/c1-2-30-19-10-13(7-8-18(19)31-21-15(24)12-26-22(23)29-21)9-14(11-25)20-27-16-5-3-4-6-17(16)28-20/h3-10,12H,2H2,1H3,(H,27,28)/b14-9+. The summed E-state index contributed by atoms with van der Waals surface area (Å²) in [7, 11) is 0. The van der Waals surface area contributed by atoms with E-state index in [0.717, 1.165) is 17.2 Å². The molecule has 2 aromatic carbocycles. The van der Waals surface area contributed by atoms with Crippen LogP contribution in [0, 0.1) is 17.1 Å². The molecule has 9 heteroatoms. The van der Waals surface area contributed by atoms with E-state index in [0.29, 0.717) is 29.3 Å². The van der Waals surface area contributed by atoms with Crippen molar-refractivity contribution in [2.24, 2.45) is 0 Å². The third kappa shape index (κ3) is 4.47. The molecule has 7 nitrogen and oxygen atoms in total. The molecular weight excluding hydrogens is 421 g/mol. The molecule has 31 heavy (non-hydrogen) atoms. The third-order valence-electron chi connectivity index (χ3n) is 4.23. The molecule has 0 saturated heterocycles. The molecule has 1 N–H and O–H groups in total. The molecular formula is C22H15ClFN5O2. The van der Waals surface area contributed by atoms with Crippen LogP contribution in [-0.2, 0) is 0 Å². The van der Waals surface area contributed by atoms with Crippen molar-refractivity contribution in [1.82, 2.24) is 19.9 Å². The van der Waals surface area contributed by atoms with E-state index in [1.54, 1.807) is 24.3 Å². The maximum absolute atomic E-state index is 13.9. The fourth-order valence-corrected chi connectivity index (χ4v) is 3.00. The number of imidazole rings is 1. The predicted octanol–water partition coefficient (Wildman–Crippen LogP) is 5.40. The Morgan fingerprint density at radius 3 is 2.84 bits per heavy atom. The van der Waals surface area contributed by atoms with Crippen LogP contribution < -0.4 is 9.47 Å². The van der Waals surface area contributed by atoms with Gasteiger partial charge in [-0.1, -0.05) is 18.2 Å². The molecule has 2 heterocycles. The van der Waals surface area contributed by atoms with E-state index in [1.807, 2.05) is 31.2 Å². The number of para-hydroxylation sites is 2. The lowest BCUT2D eigenvalue weighted by Crippen LogP contribution is -1.99. The van der Waals surface area contributed by atoms with Crippen LogP contribution in [0.25, 0.3) is 22.7 Å². The zero-order chi connectivity index (χ0) is 21.8. The highest BCUT2D eigenvalue weighted by Gasteiger charge is 2.14. The Bertz CT molecular complexity index is 1300. The van der Waals surface area contributed by atoms with Crippen molar-refractivity contribution < 1.29 is 13.9 Å². The molecule has 0 bridgehead atoms. The minimum atomic E-state index is -0.757. The molecule has 0 unspecified atom stereocenters. The van der Waals surface area contributed by atoms with Crippen molar-refractivity contribution in [2.75, 3.05) is 6.61 Å². The number of benzene rings is 2. The fourth-order valence-electron chi connectivity index (χ4n) is 2.87. The summed E-state index contributed by atoms with van der Waals surface area (Å²) < 4.78 is 25.1. The first-order valence-electron chi connectivity index (χ1n) is 9.27. The number of aromatic nitrogens is 4. The van der Waals surface area contributed by atoms with Gasteiger partial charge in [0.15, 0.2) is 11.5 Å². The highest BCUT2D eigenvalue weighted by molar-refractivity contribution is 6.28. The summed E-state index contributed by atoms with van der Waals surface area (Å²) in [5, 5.41) is 9.50. The summed E-state index contributed by atoms with van der Waals surface area (Å²) in [6, 6.07) is 14.7. The summed E-state index contributed by atoms with van der Waals surface area (Å²) in [5.41, 5.74) is 2.63. The van der Waals surface area contributed by atoms with Crippen molar-refractivity contribution in [3.8, 4) is 23.4 Å². The number of aromatic amines is 1. The first-order valence-corrected chi connectivity index (χ1v) is 9.65. The zero-order valence-corrected chi connectivity index (χ0v) is 17.0. The Balaban J connectivity index is 1.69. The summed E-state index contributed by atoms with van der Waals surface area (Å²) in [6.45, 7) is 2.16. The van der Waals surface area contributed by atoms with E-state index in [-0.39, 0.29) is 16.9 Å². The van der Waals surface area contributed by atoms with Crippen molar-refractivity contribution in [3.05, 3.63) is 71.2 Å². The first-order chi connectivity index (χ1) is 15.1. The molecule has 154 valence electrons. The summed E-state index contributed by atoms with van der Waals surface area (Å²) >= 11 is 5.72.